The van der Waals surface area contributed by atoms with E-state index in [2.05, 4.69) is 4.98 Å². The molecular formula is C27H28ClF3N2O5. The van der Waals surface area contributed by atoms with Gasteiger partial charge in [-0.15, -0.1) is 0 Å². The molecule has 0 saturated carbocycles. The average Bonchev–Trinajstić information content (AvgIpc) is 3.20. The van der Waals surface area contributed by atoms with Gasteiger partial charge in [-0.1, -0.05) is 17.7 Å². The highest BCUT2D eigenvalue weighted by atomic mass is 35.5. The van der Waals surface area contributed by atoms with Crippen molar-refractivity contribution in [1.82, 2.24) is 9.88 Å². The number of rotatable bonds is 5. The van der Waals surface area contributed by atoms with Crippen molar-refractivity contribution in [3.8, 4) is 5.75 Å². The van der Waals surface area contributed by atoms with Gasteiger partial charge in [-0.2, -0.15) is 13.2 Å². The third kappa shape index (κ3) is 6.01. The Morgan fingerprint density at radius 2 is 1.87 bits per heavy atom. The summed E-state index contributed by atoms with van der Waals surface area (Å²) in [5.74, 6) is -0.0119. The van der Waals surface area contributed by atoms with E-state index in [9.17, 15) is 22.8 Å². The number of H-pyrrole nitrogens is 1. The number of benzene rings is 2. The topological polar surface area (TPSA) is 80.9 Å². The fourth-order valence-corrected chi connectivity index (χ4v) is 4.70. The lowest BCUT2D eigenvalue weighted by atomic mass is 9.95. The van der Waals surface area contributed by atoms with Crippen LogP contribution in [0.2, 0.25) is 5.02 Å². The smallest absolute Gasteiger partial charge is 0.417 e. The van der Waals surface area contributed by atoms with E-state index < -0.39 is 35.4 Å². The van der Waals surface area contributed by atoms with Gasteiger partial charge in [0.15, 0.2) is 0 Å². The van der Waals surface area contributed by atoms with Crippen LogP contribution in [0.25, 0.3) is 10.9 Å². The van der Waals surface area contributed by atoms with Gasteiger partial charge < -0.3 is 19.2 Å². The number of aromatic amines is 1. The van der Waals surface area contributed by atoms with Crippen molar-refractivity contribution in [1.29, 1.82) is 0 Å². The lowest BCUT2D eigenvalue weighted by Crippen LogP contribution is -2.43. The number of alkyl halides is 3. The standard InChI is InChI=1S/C27H28ClF3N2O5/c1-26(2,3)38-25(35)33-10-9-17-18-12-16(6-8-21(18)32-24(17)22(33)13-23(34)36-4)37-14-15-5-7-20(28)19(11-15)27(29,30)31/h5-8,11-12,22,32H,9-10,13-14H2,1-4H3. The van der Waals surface area contributed by atoms with Crippen molar-refractivity contribution < 1.29 is 37.0 Å². The normalized spacial score (nSPS) is 15.8. The quantitative estimate of drug-likeness (QED) is 0.351. The number of carbonyl (C=O) groups is 2. The summed E-state index contributed by atoms with van der Waals surface area (Å²) in [5.41, 5.74) is 1.10. The van der Waals surface area contributed by atoms with Gasteiger partial charge in [-0.3, -0.25) is 9.69 Å². The van der Waals surface area contributed by atoms with Gasteiger partial charge >= 0.3 is 18.2 Å². The van der Waals surface area contributed by atoms with Crippen molar-refractivity contribution in [2.75, 3.05) is 13.7 Å². The van der Waals surface area contributed by atoms with Gasteiger partial charge in [0.2, 0.25) is 0 Å². The maximum absolute atomic E-state index is 13.2. The molecular weight excluding hydrogens is 525 g/mol. The highest BCUT2D eigenvalue weighted by molar-refractivity contribution is 6.31. The van der Waals surface area contributed by atoms with Crippen molar-refractivity contribution in [3.05, 3.63) is 63.8 Å². The molecule has 1 aliphatic heterocycles. The van der Waals surface area contributed by atoms with Gasteiger partial charge in [-0.05, 0) is 68.7 Å². The predicted molar refractivity (Wildman–Crippen MR) is 135 cm³/mol. The summed E-state index contributed by atoms with van der Waals surface area (Å²) in [7, 11) is 1.29. The largest absolute Gasteiger partial charge is 0.489 e. The summed E-state index contributed by atoms with van der Waals surface area (Å²) in [4.78, 5) is 30.0. The van der Waals surface area contributed by atoms with Crippen LogP contribution in [0.4, 0.5) is 18.0 Å². The van der Waals surface area contributed by atoms with Crippen molar-refractivity contribution >= 4 is 34.6 Å². The Kier molecular flexibility index (Phi) is 7.56. The van der Waals surface area contributed by atoms with Crippen LogP contribution in [0.3, 0.4) is 0 Å². The molecule has 0 spiro atoms. The zero-order valence-electron chi connectivity index (χ0n) is 21.4. The summed E-state index contributed by atoms with van der Waals surface area (Å²) in [5, 5.41) is 0.465. The van der Waals surface area contributed by atoms with Crippen LogP contribution < -0.4 is 4.74 Å². The van der Waals surface area contributed by atoms with Crippen molar-refractivity contribution in [3.63, 3.8) is 0 Å². The SMILES string of the molecule is COC(=O)CC1c2[nH]c3ccc(OCc4ccc(Cl)c(C(F)(F)F)c4)cc3c2CCN1C(=O)OC(C)(C)C. The van der Waals surface area contributed by atoms with Gasteiger partial charge in [0, 0.05) is 23.1 Å². The van der Waals surface area contributed by atoms with Gasteiger partial charge in [-0.25, -0.2) is 4.79 Å². The fourth-order valence-electron chi connectivity index (χ4n) is 4.47. The van der Waals surface area contributed by atoms with Crippen molar-refractivity contribution in [2.24, 2.45) is 0 Å². The van der Waals surface area contributed by atoms with E-state index in [0.717, 1.165) is 22.5 Å². The highest BCUT2D eigenvalue weighted by Crippen LogP contribution is 2.39. The van der Waals surface area contributed by atoms with Crippen LogP contribution in [0, 0.1) is 0 Å². The zero-order valence-corrected chi connectivity index (χ0v) is 22.1. The molecule has 1 N–H and O–H groups in total. The molecule has 4 rings (SSSR count). The molecule has 0 saturated heterocycles. The second-order valence-electron chi connectivity index (χ2n) is 10.0. The van der Waals surface area contributed by atoms with Crippen LogP contribution in [0.5, 0.6) is 5.75 Å². The summed E-state index contributed by atoms with van der Waals surface area (Å²) in [6.45, 7) is 5.55. The molecule has 7 nitrogen and oxygen atoms in total. The third-order valence-corrected chi connectivity index (χ3v) is 6.51. The minimum absolute atomic E-state index is 0.0585. The molecule has 2 heterocycles. The lowest BCUT2D eigenvalue weighted by Gasteiger charge is -2.36. The number of fused-ring (bicyclic) bond motifs is 3. The Balaban J connectivity index is 1.61. The summed E-state index contributed by atoms with van der Waals surface area (Å²) >= 11 is 5.71. The van der Waals surface area contributed by atoms with Crippen LogP contribution in [-0.4, -0.2) is 41.2 Å². The second-order valence-corrected chi connectivity index (χ2v) is 10.5. The number of halogens is 4. The molecule has 2 aromatic carbocycles. The van der Waals surface area contributed by atoms with Crippen molar-refractivity contribution in [2.45, 2.75) is 58.0 Å². The van der Waals surface area contributed by atoms with E-state index in [0.29, 0.717) is 30.0 Å². The minimum Gasteiger partial charge on any atom is -0.489 e. The molecule has 0 fully saturated rings. The second kappa shape index (κ2) is 10.4. The first kappa shape index (κ1) is 27.6. The predicted octanol–water partition coefficient (Wildman–Crippen LogP) is 6.82. The number of esters is 1. The Labute approximate surface area is 222 Å². The monoisotopic (exact) mass is 552 g/mol. The Morgan fingerprint density at radius 3 is 2.53 bits per heavy atom. The number of methoxy groups -OCH3 is 1. The number of nitrogens with zero attached hydrogens (tertiary/aromatic N) is 1. The Hall–Kier alpha value is -3.40. The van der Waals surface area contributed by atoms with Crippen LogP contribution in [0.1, 0.15) is 55.6 Å². The van der Waals surface area contributed by atoms with E-state index >= 15 is 0 Å². The zero-order chi connectivity index (χ0) is 27.8. The number of hydrogen-bond donors (Lipinski definition) is 1. The molecule has 3 aromatic rings. The summed E-state index contributed by atoms with van der Waals surface area (Å²) in [6.07, 6.45) is -4.65. The number of aromatic nitrogens is 1. The van der Waals surface area contributed by atoms with Gasteiger partial charge in [0.25, 0.3) is 0 Å². The minimum atomic E-state index is -4.57. The molecule has 0 radical (unpaired) electrons. The number of nitrogens with one attached hydrogen (secondary N) is 1. The van der Waals surface area contributed by atoms with E-state index in [4.69, 9.17) is 25.8 Å². The molecule has 204 valence electrons. The average molecular weight is 553 g/mol. The molecule has 11 heteroatoms. The molecule has 1 amide bonds. The molecule has 0 bridgehead atoms. The number of hydrogen-bond acceptors (Lipinski definition) is 5. The number of amides is 1. The first-order chi connectivity index (χ1) is 17.8. The van der Waals surface area contributed by atoms with Crippen LogP contribution in [-0.2, 0) is 33.5 Å². The number of ether oxygens (including phenoxy) is 3. The molecule has 0 aliphatic carbocycles. The van der Waals surface area contributed by atoms with Gasteiger partial charge in [0.05, 0.1) is 30.2 Å². The van der Waals surface area contributed by atoms with Crippen LogP contribution >= 0.6 is 11.6 Å². The van der Waals surface area contributed by atoms with Gasteiger partial charge in [0.1, 0.15) is 18.0 Å². The molecule has 38 heavy (non-hydrogen) atoms. The highest BCUT2D eigenvalue weighted by Gasteiger charge is 2.37. The maximum Gasteiger partial charge on any atom is 0.417 e. The van der Waals surface area contributed by atoms with E-state index in [1.54, 1.807) is 39.0 Å². The Morgan fingerprint density at radius 1 is 1.13 bits per heavy atom. The first-order valence-electron chi connectivity index (χ1n) is 12.0. The molecule has 1 aliphatic rings. The third-order valence-electron chi connectivity index (χ3n) is 6.18. The van der Waals surface area contributed by atoms with Crippen LogP contribution in [0.15, 0.2) is 36.4 Å². The molecule has 1 atom stereocenters. The maximum atomic E-state index is 13.2. The van der Waals surface area contributed by atoms with E-state index in [1.807, 2.05) is 0 Å². The molecule has 1 unspecified atom stereocenters. The first-order valence-corrected chi connectivity index (χ1v) is 12.3. The summed E-state index contributed by atoms with van der Waals surface area (Å²) in [6, 6.07) is 8.33. The number of carbonyl (C=O) groups excluding carboxylic acids is 2. The fraction of sp³-hybridized carbons (Fsp3) is 0.407. The Bertz CT molecular complexity index is 1360. The lowest BCUT2D eigenvalue weighted by molar-refractivity contribution is -0.142. The van der Waals surface area contributed by atoms with E-state index in [1.165, 1.54) is 24.1 Å². The molecule has 1 aromatic heterocycles. The van der Waals surface area contributed by atoms with E-state index in [-0.39, 0.29) is 18.1 Å². The summed E-state index contributed by atoms with van der Waals surface area (Å²) < 4.78 is 55.8.